The third-order valence-electron chi connectivity index (χ3n) is 1.99. The summed E-state index contributed by atoms with van der Waals surface area (Å²) in [5.41, 5.74) is 0.987. The van der Waals surface area contributed by atoms with Crippen LogP contribution in [0.4, 0.5) is 0 Å². The summed E-state index contributed by atoms with van der Waals surface area (Å²) >= 11 is 5.78. The smallest absolute Gasteiger partial charge is 0.211 e. The summed E-state index contributed by atoms with van der Waals surface area (Å²) in [7, 11) is 0. The van der Waals surface area contributed by atoms with Gasteiger partial charge in [-0.25, -0.2) is 0 Å². The molecule has 0 aliphatic carbocycles. The van der Waals surface area contributed by atoms with E-state index in [9.17, 15) is 4.79 Å². The van der Waals surface area contributed by atoms with Gasteiger partial charge in [-0.15, -0.1) is 0 Å². The predicted molar refractivity (Wildman–Crippen MR) is 59.1 cm³/mol. The van der Waals surface area contributed by atoms with Crippen LogP contribution in [-0.4, -0.2) is 10.8 Å². The Kier molecular flexibility index (Phi) is 2.79. The van der Waals surface area contributed by atoms with Gasteiger partial charge in [0.2, 0.25) is 5.78 Å². The number of carbonyl (C=O) groups is 1. The number of aromatic nitrogens is 1. The molecule has 15 heavy (non-hydrogen) atoms. The van der Waals surface area contributed by atoms with Crippen LogP contribution in [-0.2, 0) is 0 Å². The molecule has 0 bridgehead atoms. The third kappa shape index (κ3) is 2.22. The lowest BCUT2D eigenvalue weighted by Crippen LogP contribution is -2.03. The molecule has 2 aromatic rings. The topological polar surface area (TPSA) is 30.0 Å². The van der Waals surface area contributed by atoms with E-state index in [0.29, 0.717) is 16.3 Å². The molecule has 0 saturated heterocycles. The fourth-order valence-corrected chi connectivity index (χ4v) is 1.43. The third-order valence-corrected chi connectivity index (χ3v) is 2.23. The quantitative estimate of drug-likeness (QED) is 0.724. The summed E-state index contributed by atoms with van der Waals surface area (Å²) in [6.45, 7) is 0. The highest BCUT2D eigenvalue weighted by atomic mass is 35.5. The van der Waals surface area contributed by atoms with Crippen molar-refractivity contribution in [2.24, 2.45) is 0 Å². The molecule has 1 aromatic heterocycles. The van der Waals surface area contributed by atoms with Gasteiger partial charge in [0.1, 0.15) is 5.69 Å². The van der Waals surface area contributed by atoms with E-state index in [2.05, 4.69) is 4.98 Å². The second kappa shape index (κ2) is 4.24. The molecular formula is C12H8ClNO. The summed E-state index contributed by atoms with van der Waals surface area (Å²) in [5.74, 6) is -0.113. The molecule has 0 aliphatic rings. The number of hydrogen-bond donors (Lipinski definition) is 0. The maximum atomic E-state index is 11.9. The van der Waals surface area contributed by atoms with Crippen molar-refractivity contribution in [3.05, 3.63) is 64.9 Å². The van der Waals surface area contributed by atoms with E-state index in [0.717, 1.165) is 0 Å². The van der Waals surface area contributed by atoms with Gasteiger partial charge in [0.25, 0.3) is 0 Å². The molecule has 0 amide bonds. The summed E-state index contributed by atoms with van der Waals surface area (Å²) in [6.07, 6.45) is 1.53. The van der Waals surface area contributed by atoms with Gasteiger partial charge in [-0.05, 0) is 12.1 Å². The largest absolute Gasteiger partial charge is 0.287 e. The van der Waals surface area contributed by atoms with E-state index in [1.165, 1.54) is 6.20 Å². The van der Waals surface area contributed by atoms with Crippen molar-refractivity contribution in [3.8, 4) is 0 Å². The van der Waals surface area contributed by atoms with Gasteiger partial charge < -0.3 is 0 Å². The van der Waals surface area contributed by atoms with Crippen molar-refractivity contribution in [2.75, 3.05) is 0 Å². The van der Waals surface area contributed by atoms with Gasteiger partial charge in [-0.2, -0.15) is 0 Å². The Morgan fingerprint density at radius 1 is 1.13 bits per heavy atom. The second-order valence-electron chi connectivity index (χ2n) is 3.05. The van der Waals surface area contributed by atoms with Crippen LogP contribution < -0.4 is 0 Å². The molecule has 0 N–H and O–H groups in total. The standard InChI is InChI=1S/C12H8ClNO/c13-10-6-7-14-11(8-10)12(15)9-4-2-1-3-5-9/h1-8H. The summed E-state index contributed by atoms with van der Waals surface area (Å²) in [4.78, 5) is 15.9. The van der Waals surface area contributed by atoms with E-state index < -0.39 is 0 Å². The minimum Gasteiger partial charge on any atom is -0.287 e. The van der Waals surface area contributed by atoms with Crippen LogP contribution in [0.25, 0.3) is 0 Å². The SMILES string of the molecule is O=C(c1ccccc1)c1cc(Cl)ccn1. The van der Waals surface area contributed by atoms with E-state index in [1.807, 2.05) is 18.2 Å². The zero-order valence-corrected chi connectivity index (χ0v) is 8.61. The molecule has 2 nitrogen and oxygen atoms in total. The molecular weight excluding hydrogens is 210 g/mol. The molecule has 0 unspecified atom stereocenters. The number of carbonyl (C=O) groups excluding carboxylic acids is 1. The Hall–Kier alpha value is -1.67. The molecule has 74 valence electrons. The Balaban J connectivity index is 2.37. The minimum atomic E-state index is -0.113. The number of pyridine rings is 1. The van der Waals surface area contributed by atoms with E-state index in [1.54, 1.807) is 24.3 Å². The van der Waals surface area contributed by atoms with Crippen molar-refractivity contribution < 1.29 is 4.79 Å². The lowest BCUT2D eigenvalue weighted by atomic mass is 10.1. The first-order chi connectivity index (χ1) is 7.27. The predicted octanol–water partition coefficient (Wildman–Crippen LogP) is 2.97. The number of hydrogen-bond acceptors (Lipinski definition) is 2. The zero-order chi connectivity index (χ0) is 10.7. The molecule has 0 saturated carbocycles. The van der Waals surface area contributed by atoms with Gasteiger partial charge >= 0.3 is 0 Å². The summed E-state index contributed by atoms with van der Waals surface area (Å²) in [5, 5.41) is 0.518. The van der Waals surface area contributed by atoms with Gasteiger partial charge in [-0.1, -0.05) is 41.9 Å². The van der Waals surface area contributed by atoms with Gasteiger partial charge in [0.05, 0.1) is 0 Å². The average Bonchev–Trinajstić information content (AvgIpc) is 2.29. The van der Waals surface area contributed by atoms with Crippen LogP contribution >= 0.6 is 11.6 Å². The molecule has 0 spiro atoms. The summed E-state index contributed by atoms with van der Waals surface area (Å²) in [6, 6.07) is 12.2. The van der Waals surface area contributed by atoms with E-state index >= 15 is 0 Å². The molecule has 0 radical (unpaired) electrons. The van der Waals surface area contributed by atoms with Gasteiger partial charge in [-0.3, -0.25) is 9.78 Å². The van der Waals surface area contributed by atoms with E-state index in [-0.39, 0.29) is 5.78 Å². The minimum absolute atomic E-state index is 0.113. The molecule has 1 aromatic carbocycles. The Morgan fingerprint density at radius 2 is 1.87 bits per heavy atom. The van der Waals surface area contributed by atoms with Crippen LogP contribution in [0.1, 0.15) is 16.1 Å². The van der Waals surface area contributed by atoms with Crippen molar-refractivity contribution in [1.29, 1.82) is 0 Å². The average molecular weight is 218 g/mol. The first-order valence-corrected chi connectivity index (χ1v) is 4.86. The lowest BCUT2D eigenvalue weighted by molar-refractivity contribution is 0.103. The van der Waals surface area contributed by atoms with Crippen LogP contribution in [0.2, 0.25) is 5.02 Å². The van der Waals surface area contributed by atoms with Crippen molar-refractivity contribution in [1.82, 2.24) is 4.98 Å². The molecule has 0 aliphatic heterocycles. The molecule has 0 atom stereocenters. The molecule has 1 heterocycles. The van der Waals surface area contributed by atoms with Crippen LogP contribution in [0.5, 0.6) is 0 Å². The van der Waals surface area contributed by atoms with Crippen molar-refractivity contribution in [3.63, 3.8) is 0 Å². The van der Waals surface area contributed by atoms with Crippen LogP contribution in [0, 0.1) is 0 Å². The fraction of sp³-hybridized carbons (Fsp3) is 0. The summed E-state index contributed by atoms with van der Waals surface area (Å²) < 4.78 is 0. The Morgan fingerprint density at radius 3 is 2.53 bits per heavy atom. The van der Waals surface area contributed by atoms with Crippen LogP contribution in [0.3, 0.4) is 0 Å². The maximum absolute atomic E-state index is 11.9. The molecule has 2 rings (SSSR count). The number of halogens is 1. The number of nitrogens with zero attached hydrogens (tertiary/aromatic N) is 1. The maximum Gasteiger partial charge on any atom is 0.211 e. The Labute approximate surface area is 92.5 Å². The molecule has 3 heteroatoms. The zero-order valence-electron chi connectivity index (χ0n) is 7.85. The Bertz CT molecular complexity index is 482. The van der Waals surface area contributed by atoms with Crippen molar-refractivity contribution >= 4 is 17.4 Å². The normalized spacial score (nSPS) is 9.93. The fourth-order valence-electron chi connectivity index (χ4n) is 1.27. The van der Waals surface area contributed by atoms with Crippen LogP contribution in [0.15, 0.2) is 48.7 Å². The second-order valence-corrected chi connectivity index (χ2v) is 3.49. The molecule has 0 fully saturated rings. The first kappa shape index (κ1) is 9.87. The highest BCUT2D eigenvalue weighted by Crippen LogP contribution is 2.12. The number of rotatable bonds is 2. The van der Waals surface area contributed by atoms with E-state index in [4.69, 9.17) is 11.6 Å². The highest BCUT2D eigenvalue weighted by Gasteiger charge is 2.09. The first-order valence-electron chi connectivity index (χ1n) is 4.48. The van der Waals surface area contributed by atoms with Crippen molar-refractivity contribution in [2.45, 2.75) is 0 Å². The number of ketones is 1. The van der Waals surface area contributed by atoms with Gasteiger partial charge in [0.15, 0.2) is 0 Å². The lowest BCUT2D eigenvalue weighted by Gasteiger charge is -1.99. The monoisotopic (exact) mass is 217 g/mol. The van der Waals surface area contributed by atoms with Gasteiger partial charge in [0, 0.05) is 16.8 Å². The number of benzene rings is 1. The highest BCUT2D eigenvalue weighted by molar-refractivity contribution is 6.31.